The van der Waals surface area contributed by atoms with Crippen molar-refractivity contribution in [2.75, 3.05) is 20.1 Å². The van der Waals surface area contributed by atoms with E-state index in [0.29, 0.717) is 0 Å². The van der Waals surface area contributed by atoms with E-state index in [-0.39, 0.29) is 35.2 Å². The number of nitrogens with one attached hydrogen (secondary N) is 1. The Kier molecular flexibility index (Phi) is 8.13. The first kappa shape index (κ1) is 26.5. The third-order valence-corrected chi connectivity index (χ3v) is 6.06. The van der Waals surface area contributed by atoms with Gasteiger partial charge in [0, 0.05) is 38.3 Å². The monoisotopic (exact) mass is 496 g/mol. The van der Waals surface area contributed by atoms with Crippen molar-refractivity contribution in [3.8, 4) is 11.5 Å². The molecule has 0 aliphatic rings. The number of hydrogen-bond donors (Lipinski definition) is 1. The lowest BCUT2D eigenvalue weighted by Gasteiger charge is -2.21. The van der Waals surface area contributed by atoms with Crippen LogP contribution in [-0.2, 0) is 14.8 Å². The van der Waals surface area contributed by atoms with Crippen molar-refractivity contribution < 1.29 is 32.5 Å². The molecule has 2 aromatic carbocycles. The predicted octanol–water partition coefficient (Wildman–Crippen LogP) is 3.44. The van der Waals surface area contributed by atoms with Gasteiger partial charge >= 0.3 is 11.8 Å². The van der Waals surface area contributed by atoms with Gasteiger partial charge in [-0.2, -0.15) is 4.31 Å². The number of amides is 1. The van der Waals surface area contributed by atoms with Gasteiger partial charge in [0.1, 0.15) is 11.4 Å². The summed E-state index contributed by atoms with van der Waals surface area (Å²) in [6.07, 6.45) is -0.707. The summed E-state index contributed by atoms with van der Waals surface area (Å²) in [4.78, 5) is 32.2. The summed E-state index contributed by atoms with van der Waals surface area (Å²) in [7, 11) is -2.86. The van der Waals surface area contributed by atoms with E-state index in [4.69, 9.17) is 9.47 Å². The van der Waals surface area contributed by atoms with Gasteiger partial charge in [0.05, 0.1) is 14.7 Å². The van der Waals surface area contributed by atoms with E-state index in [0.717, 1.165) is 22.5 Å². The van der Waals surface area contributed by atoms with E-state index in [1.807, 2.05) is 0 Å². The standard InChI is InChI=1S/C20H24N4O9S/c1-20(2,3)33-19(25)21-11-12-22(4)34(30,31)16-9-10-18(17(13-16)24(28)29)32-15-7-5-14(6-8-15)23(26)27/h5-10,13H,11-12H2,1-4H3,(H,21,25). The Hall–Kier alpha value is -3.78. The van der Waals surface area contributed by atoms with Crippen LogP contribution in [0.15, 0.2) is 47.4 Å². The highest BCUT2D eigenvalue weighted by Gasteiger charge is 2.26. The molecule has 2 aromatic rings. The van der Waals surface area contributed by atoms with Crippen LogP contribution >= 0.6 is 0 Å². The fourth-order valence-electron chi connectivity index (χ4n) is 2.58. The van der Waals surface area contributed by atoms with Gasteiger partial charge in [0.25, 0.3) is 5.69 Å². The van der Waals surface area contributed by atoms with Crippen molar-refractivity contribution >= 4 is 27.5 Å². The van der Waals surface area contributed by atoms with Crippen LogP contribution in [0.4, 0.5) is 16.2 Å². The van der Waals surface area contributed by atoms with E-state index in [2.05, 4.69) is 5.32 Å². The van der Waals surface area contributed by atoms with E-state index >= 15 is 0 Å². The molecule has 13 nitrogen and oxygen atoms in total. The molecule has 0 aromatic heterocycles. The second kappa shape index (κ2) is 10.4. The summed E-state index contributed by atoms with van der Waals surface area (Å²) in [6.45, 7) is 4.89. The first-order valence-electron chi connectivity index (χ1n) is 9.84. The second-order valence-corrected chi connectivity index (χ2v) is 10.0. The normalized spacial score (nSPS) is 11.7. The minimum atomic E-state index is -4.13. The van der Waals surface area contributed by atoms with E-state index in [1.54, 1.807) is 20.8 Å². The molecule has 0 spiro atoms. The van der Waals surface area contributed by atoms with Gasteiger partial charge in [0.2, 0.25) is 15.8 Å². The number of hydrogen-bond acceptors (Lipinski definition) is 9. The van der Waals surface area contributed by atoms with Crippen LogP contribution in [0.2, 0.25) is 0 Å². The van der Waals surface area contributed by atoms with Gasteiger partial charge in [-0.25, -0.2) is 13.2 Å². The number of rotatable bonds is 9. The number of benzene rings is 2. The highest BCUT2D eigenvalue weighted by molar-refractivity contribution is 7.89. The smallest absolute Gasteiger partial charge is 0.407 e. The quantitative estimate of drug-likeness (QED) is 0.403. The molecule has 0 fully saturated rings. The Morgan fingerprint density at radius 1 is 1.06 bits per heavy atom. The zero-order chi connectivity index (χ0) is 25.7. The Morgan fingerprint density at radius 2 is 1.68 bits per heavy atom. The number of nitro groups is 2. The number of non-ortho nitro benzene ring substituents is 1. The number of nitro benzene ring substituents is 2. The van der Waals surface area contributed by atoms with Crippen LogP contribution in [-0.4, -0.2) is 54.4 Å². The number of ether oxygens (including phenoxy) is 2. The van der Waals surface area contributed by atoms with Gasteiger partial charge in [-0.1, -0.05) is 0 Å². The molecule has 0 atom stereocenters. The Labute approximate surface area is 195 Å². The molecule has 1 amide bonds. The molecule has 34 heavy (non-hydrogen) atoms. The zero-order valence-electron chi connectivity index (χ0n) is 18.9. The van der Waals surface area contributed by atoms with Crippen LogP contribution in [0.5, 0.6) is 11.5 Å². The average molecular weight is 496 g/mol. The Bertz CT molecular complexity index is 1180. The fourth-order valence-corrected chi connectivity index (χ4v) is 3.77. The number of alkyl carbamates (subject to hydrolysis) is 1. The van der Waals surface area contributed by atoms with Crippen LogP contribution in [0.1, 0.15) is 20.8 Å². The molecule has 0 aliphatic carbocycles. The van der Waals surface area contributed by atoms with E-state index in [9.17, 15) is 33.4 Å². The molecule has 1 N–H and O–H groups in total. The zero-order valence-corrected chi connectivity index (χ0v) is 19.7. The molecular formula is C20H24N4O9S. The number of likely N-dealkylation sites (N-methyl/N-ethyl adjacent to an activating group) is 1. The van der Waals surface area contributed by atoms with Gasteiger partial charge in [-0.15, -0.1) is 0 Å². The van der Waals surface area contributed by atoms with Crippen molar-refractivity contribution in [3.05, 3.63) is 62.7 Å². The lowest BCUT2D eigenvalue weighted by Crippen LogP contribution is -2.38. The average Bonchev–Trinajstić information content (AvgIpc) is 2.72. The Balaban J connectivity index is 2.16. The molecule has 0 saturated heterocycles. The highest BCUT2D eigenvalue weighted by atomic mass is 32.2. The van der Waals surface area contributed by atoms with Crippen molar-refractivity contribution in [3.63, 3.8) is 0 Å². The Morgan fingerprint density at radius 3 is 2.21 bits per heavy atom. The summed E-state index contributed by atoms with van der Waals surface area (Å²) in [5.74, 6) is -0.151. The summed E-state index contributed by atoms with van der Waals surface area (Å²) in [5, 5.41) is 24.7. The number of nitrogens with zero attached hydrogens (tertiary/aromatic N) is 3. The third-order valence-electron chi connectivity index (χ3n) is 4.21. The van der Waals surface area contributed by atoms with Crippen molar-refractivity contribution in [1.82, 2.24) is 9.62 Å². The van der Waals surface area contributed by atoms with E-state index < -0.39 is 37.3 Å². The molecule has 14 heteroatoms. The second-order valence-electron chi connectivity index (χ2n) is 7.99. The van der Waals surface area contributed by atoms with Gasteiger partial charge < -0.3 is 14.8 Å². The van der Waals surface area contributed by atoms with Gasteiger partial charge in [-0.05, 0) is 45.0 Å². The lowest BCUT2D eigenvalue weighted by molar-refractivity contribution is -0.385. The maximum atomic E-state index is 12.8. The molecule has 184 valence electrons. The van der Waals surface area contributed by atoms with Crippen molar-refractivity contribution in [2.45, 2.75) is 31.3 Å². The van der Waals surface area contributed by atoms with Gasteiger partial charge in [0.15, 0.2) is 0 Å². The topological polar surface area (TPSA) is 171 Å². The summed E-state index contributed by atoms with van der Waals surface area (Å²) in [5.41, 5.74) is -1.51. The summed E-state index contributed by atoms with van der Waals surface area (Å²) >= 11 is 0. The number of sulfonamides is 1. The molecule has 0 unspecified atom stereocenters. The van der Waals surface area contributed by atoms with Crippen LogP contribution < -0.4 is 10.1 Å². The van der Waals surface area contributed by atoms with E-state index in [1.165, 1.54) is 31.3 Å². The third kappa shape index (κ3) is 7.11. The first-order chi connectivity index (χ1) is 15.7. The maximum absolute atomic E-state index is 12.8. The minimum absolute atomic E-state index is 0.0475. The molecular weight excluding hydrogens is 472 g/mol. The molecule has 2 rings (SSSR count). The van der Waals surface area contributed by atoms with Crippen LogP contribution in [0, 0.1) is 20.2 Å². The maximum Gasteiger partial charge on any atom is 0.407 e. The molecule has 0 saturated carbocycles. The van der Waals surface area contributed by atoms with Crippen molar-refractivity contribution in [2.24, 2.45) is 0 Å². The van der Waals surface area contributed by atoms with Crippen LogP contribution in [0.25, 0.3) is 0 Å². The van der Waals surface area contributed by atoms with Crippen molar-refractivity contribution in [1.29, 1.82) is 0 Å². The molecule has 0 bridgehead atoms. The summed E-state index contributed by atoms with van der Waals surface area (Å²) < 4.78 is 37.1. The molecule has 0 radical (unpaired) electrons. The summed E-state index contributed by atoms with van der Waals surface area (Å²) in [6, 6.07) is 7.98. The molecule has 0 heterocycles. The SMILES string of the molecule is CN(CCNC(=O)OC(C)(C)C)S(=O)(=O)c1ccc(Oc2ccc([N+](=O)[O-])cc2)c([N+](=O)[O-])c1. The first-order valence-corrected chi connectivity index (χ1v) is 11.3. The predicted molar refractivity (Wildman–Crippen MR) is 120 cm³/mol. The number of carbonyl (C=O) groups excluding carboxylic acids is 1. The largest absolute Gasteiger partial charge is 0.450 e. The van der Waals surface area contributed by atoms with Gasteiger partial charge in [-0.3, -0.25) is 20.2 Å². The molecule has 0 aliphatic heterocycles. The van der Waals surface area contributed by atoms with Crippen LogP contribution in [0.3, 0.4) is 0 Å². The number of carbonyl (C=O) groups is 1. The lowest BCUT2D eigenvalue weighted by atomic mass is 10.2. The highest BCUT2D eigenvalue weighted by Crippen LogP contribution is 2.34. The minimum Gasteiger partial charge on any atom is -0.450 e. The fraction of sp³-hybridized carbons (Fsp3) is 0.350.